The van der Waals surface area contributed by atoms with Crippen LogP contribution in [0, 0.1) is 39.5 Å². The van der Waals surface area contributed by atoms with Crippen LogP contribution < -0.4 is 10.6 Å². The molecule has 2 fully saturated rings. The zero-order chi connectivity index (χ0) is 52.4. The van der Waals surface area contributed by atoms with Crippen molar-refractivity contribution in [1.29, 1.82) is 0 Å². The lowest BCUT2D eigenvalue weighted by Gasteiger charge is -2.31. The lowest BCUT2D eigenvalue weighted by Crippen LogP contribution is -2.51. The number of aryl methyl sites for hydroxylation is 3. The number of H-pyrrole nitrogens is 1. The van der Waals surface area contributed by atoms with Crippen molar-refractivity contribution in [1.82, 2.24) is 40.4 Å². The number of aliphatic hydroxyl groups excluding tert-OH is 2. The van der Waals surface area contributed by atoms with Gasteiger partial charge in [-0.15, -0.1) is 0 Å². The monoisotopic (exact) mass is 1010 g/mol. The van der Waals surface area contributed by atoms with E-state index in [1.54, 1.807) is 23.9 Å². The molecule has 0 unspecified atom stereocenters. The molecule has 4 aromatic rings. The van der Waals surface area contributed by atoms with Crippen LogP contribution in [0.1, 0.15) is 111 Å². The molecule has 0 bridgehead atoms. The first-order valence-corrected chi connectivity index (χ1v) is 30.2. The van der Waals surface area contributed by atoms with Crippen LogP contribution in [-0.4, -0.2) is 131 Å². The number of benzene rings is 2. The Morgan fingerprint density at radius 3 is 1.54 bits per heavy atom. The second-order valence-corrected chi connectivity index (χ2v) is 27.2. The Morgan fingerprint density at radius 1 is 0.694 bits per heavy atom. The van der Waals surface area contributed by atoms with E-state index in [9.17, 15) is 19.2 Å². The van der Waals surface area contributed by atoms with Gasteiger partial charge in [0.1, 0.15) is 6.73 Å². The molecule has 2 atom stereocenters. The zero-order valence-corrected chi connectivity index (χ0v) is 45.9. The smallest absolute Gasteiger partial charge is 0.317 e. The third kappa shape index (κ3) is 17.2. The Kier molecular flexibility index (Phi) is 22.7. The molecule has 0 saturated heterocycles. The van der Waals surface area contributed by atoms with Crippen LogP contribution in [0.4, 0.5) is 9.59 Å². The summed E-state index contributed by atoms with van der Waals surface area (Å²) >= 11 is 0. The summed E-state index contributed by atoms with van der Waals surface area (Å²) in [4.78, 5) is 55.4. The molecule has 6 rings (SSSR count). The molecular weight excluding hydrogens is 925 g/mol. The number of carbonyl (C=O) groups excluding carboxylic acids is 4. The van der Waals surface area contributed by atoms with E-state index in [4.69, 9.17) is 20.0 Å². The molecule has 5 N–H and O–H groups in total. The Hall–Kier alpha value is -5.16. The predicted octanol–water partition coefficient (Wildman–Crippen LogP) is 9.34. The van der Waals surface area contributed by atoms with Gasteiger partial charge in [0.25, 0.3) is 0 Å². The number of ether oxygens (including phenoxy) is 1. The summed E-state index contributed by atoms with van der Waals surface area (Å²) in [5.74, 6) is 0.463. The minimum Gasteiger partial charge on any atom is -0.396 e. The van der Waals surface area contributed by atoms with E-state index < -0.39 is 20.2 Å². The highest BCUT2D eigenvalue weighted by Crippen LogP contribution is 2.31. The minimum absolute atomic E-state index is 0.0327. The molecule has 396 valence electrons. The maximum atomic E-state index is 13.5. The number of Topliss-reactive ketones (excluding diaryl/α,β-unsaturated/α-hetero) is 2. The highest BCUT2D eigenvalue weighted by molar-refractivity contribution is 6.76. The number of aromatic nitrogens is 4. The number of aliphatic hydroxyl groups is 2. The van der Waals surface area contributed by atoms with Crippen LogP contribution in [-0.2, 0) is 33.9 Å². The summed E-state index contributed by atoms with van der Waals surface area (Å²) < 4.78 is 7.86. The lowest BCUT2D eigenvalue weighted by molar-refractivity contribution is -0.122. The molecule has 2 aliphatic rings. The topological polar surface area (TPSA) is 195 Å². The van der Waals surface area contributed by atoms with Crippen LogP contribution in [0.2, 0.25) is 25.7 Å². The van der Waals surface area contributed by atoms with Crippen molar-refractivity contribution in [3.05, 3.63) is 82.4 Å². The molecule has 4 amide bonds. The summed E-state index contributed by atoms with van der Waals surface area (Å²) in [6, 6.07) is 15.9. The molecule has 0 spiro atoms. The highest BCUT2D eigenvalue weighted by atomic mass is 28.3. The molecule has 2 saturated carbocycles. The van der Waals surface area contributed by atoms with Gasteiger partial charge in [0, 0.05) is 90.4 Å². The fraction of sp³-hybridized carbons (Fsp3) is 0.607. The normalized spacial score (nSPS) is 15.3. The summed E-state index contributed by atoms with van der Waals surface area (Å²) in [7, 11) is 2.28. The predicted molar refractivity (Wildman–Crippen MR) is 289 cm³/mol. The van der Waals surface area contributed by atoms with E-state index in [2.05, 4.69) is 59.5 Å². The van der Waals surface area contributed by atoms with Gasteiger partial charge >= 0.3 is 12.1 Å². The van der Waals surface area contributed by atoms with Gasteiger partial charge in [-0.1, -0.05) is 107 Å². The van der Waals surface area contributed by atoms with Crippen molar-refractivity contribution in [2.24, 2.45) is 11.8 Å². The number of nitrogens with one attached hydrogen (secondary N) is 3. The second-order valence-electron chi connectivity index (χ2n) is 21.5. The molecular formula is C56H86N8O7Si. The fourth-order valence-electron chi connectivity index (χ4n) is 10.1. The van der Waals surface area contributed by atoms with Gasteiger partial charge in [-0.2, -0.15) is 10.2 Å². The third-order valence-corrected chi connectivity index (χ3v) is 16.2. The van der Waals surface area contributed by atoms with Gasteiger partial charge in [-0.25, -0.2) is 14.3 Å². The number of ketones is 2. The Balaban J connectivity index is 0.000000274. The van der Waals surface area contributed by atoms with E-state index in [1.165, 1.54) is 12.8 Å². The second kappa shape index (κ2) is 28.3. The Morgan fingerprint density at radius 2 is 1.14 bits per heavy atom. The molecule has 16 heteroatoms. The van der Waals surface area contributed by atoms with Crippen LogP contribution in [0.5, 0.6) is 0 Å². The van der Waals surface area contributed by atoms with Crippen molar-refractivity contribution < 1.29 is 34.1 Å². The molecule has 72 heavy (non-hydrogen) atoms. The maximum absolute atomic E-state index is 13.5. The van der Waals surface area contributed by atoms with E-state index in [0.717, 1.165) is 120 Å². The number of amides is 4. The quantitative estimate of drug-likeness (QED) is 0.0356. The van der Waals surface area contributed by atoms with E-state index in [0.29, 0.717) is 39.1 Å². The van der Waals surface area contributed by atoms with Crippen LogP contribution >= 0.6 is 0 Å². The zero-order valence-electron chi connectivity index (χ0n) is 44.9. The fourth-order valence-corrected chi connectivity index (χ4v) is 10.9. The van der Waals surface area contributed by atoms with Crippen molar-refractivity contribution >= 4 is 31.7 Å². The molecule has 0 radical (unpaired) electrons. The number of nitrogens with zero attached hydrogens (tertiary/aromatic N) is 5. The molecule has 2 aliphatic carbocycles. The molecule has 2 heterocycles. The molecule has 15 nitrogen and oxygen atoms in total. The summed E-state index contributed by atoms with van der Waals surface area (Å²) in [6.07, 6.45) is 12.2. The minimum atomic E-state index is -1.13. The van der Waals surface area contributed by atoms with Crippen LogP contribution in [0.15, 0.2) is 48.5 Å². The number of rotatable bonds is 23. The van der Waals surface area contributed by atoms with Crippen molar-refractivity contribution in [2.45, 2.75) is 162 Å². The first-order chi connectivity index (χ1) is 34.4. The number of carbonyl (C=O) groups is 4. The van der Waals surface area contributed by atoms with Gasteiger partial charge in [0.15, 0.2) is 11.6 Å². The largest absolute Gasteiger partial charge is 0.396 e. The maximum Gasteiger partial charge on any atom is 0.317 e. The first-order valence-electron chi connectivity index (χ1n) is 26.5. The van der Waals surface area contributed by atoms with Gasteiger partial charge in [0.2, 0.25) is 0 Å². The van der Waals surface area contributed by atoms with Crippen LogP contribution in [0.25, 0.3) is 22.3 Å². The standard InChI is InChI=1S/C31H50N4O4Si.C25H36N4O3/c1-23-29(24(2)35(33-23)22-39-19-20-40(4,5)6)26-15-13-25(14-16-26)21-28(37)30(27-11-8-7-9-12-27)32-31(38)34(3)17-10-18-36;1-17-23(18(2)28-27-17)20-12-10-19(11-13-20)16-22(31)24(21-8-5-4-6-9-21)26-25(32)29(3)14-7-15-30/h13-16,27,30,36H,7-12,17-22H2,1-6H3,(H,32,38);10-13,21,24,30H,4-9,14-16H2,1-3H3,(H,26,32)(H,27,28)/t30-;24-/m00/s1. The van der Waals surface area contributed by atoms with E-state index in [-0.39, 0.29) is 55.1 Å². The molecule has 0 aliphatic heterocycles. The third-order valence-electron chi connectivity index (χ3n) is 14.5. The number of hydrogen-bond donors (Lipinski definition) is 5. The summed E-state index contributed by atoms with van der Waals surface area (Å²) in [5.41, 5.74) is 10.2. The van der Waals surface area contributed by atoms with E-state index in [1.807, 2.05) is 61.9 Å². The Labute approximate surface area is 430 Å². The van der Waals surface area contributed by atoms with Gasteiger partial charge in [0.05, 0.1) is 23.5 Å². The first kappa shape index (κ1) is 57.7. The number of hydrogen-bond acceptors (Lipinski definition) is 9. The average Bonchev–Trinajstić information content (AvgIpc) is 3.86. The number of urea groups is 2. The Bertz CT molecular complexity index is 2310. The van der Waals surface area contributed by atoms with Crippen molar-refractivity contribution in [3.63, 3.8) is 0 Å². The van der Waals surface area contributed by atoms with Crippen molar-refractivity contribution in [2.75, 3.05) is 47.0 Å². The highest BCUT2D eigenvalue weighted by Gasteiger charge is 2.33. The van der Waals surface area contributed by atoms with Gasteiger partial charge < -0.3 is 35.4 Å². The molecule has 2 aromatic carbocycles. The van der Waals surface area contributed by atoms with Crippen molar-refractivity contribution in [3.8, 4) is 22.3 Å². The SMILES string of the molecule is Cc1n[nH]c(C)c1-c1ccc(CC(=O)[C@@H](NC(=O)N(C)CCCO)C2CCCCC2)cc1.Cc1nn(COCC[Si](C)(C)C)c(C)c1-c1ccc(CC(=O)[C@@H](NC(=O)N(C)CCCO)C2CCCCC2)cc1. The average molecular weight is 1010 g/mol. The lowest BCUT2D eigenvalue weighted by atomic mass is 9.81. The summed E-state index contributed by atoms with van der Waals surface area (Å²) in [5, 5.41) is 36.2. The van der Waals surface area contributed by atoms with Gasteiger partial charge in [-0.05, 0) is 106 Å². The summed E-state index contributed by atoms with van der Waals surface area (Å²) in [6.45, 7) is 17.3. The van der Waals surface area contributed by atoms with E-state index >= 15 is 0 Å². The molecule has 2 aromatic heterocycles. The van der Waals surface area contributed by atoms with Gasteiger partial charge in [-0.3, -0.25) is 14.7 Å². The number of aromatic amines is 1. The van der Waals surface area contributed by atoms with Crippen LogP contribution in [0.3, 0.4) is 0 Å².